The molecular weight excluding hydrogens is 280 g/mol. The van der Waals surface area contributed by atoms with E-state index in [0.29, 0.717) is 12.1 Å². The number of hydrogen-bond donors (Lipinski definition) is 1. The molecule has 21 heavy (non-hydrogen) atoms. The lowest BCUT2D eigenvalue weighted by molar-refractivity contribution is 0.726. The molecule has 2 rings (SSSR count). The Morgan fingerprint density at radius 3 is 2.86 bits per heavy atom. The van der Waals surface area contributed by atoms with E-state index >= 15 is 0 Å². The van der Waals surface area contributed by atoms with Gasteiger partial charge in [-0.1, -0.05) is 13.0 Å². The van der Waals surface area contributed by atoms with Crippen molar-refractivity contribution in [1.82, 2.24) is 10.3 Å². The number of aryl methyl sites for hydroxylation is 1. The van der Waals surface area contributed by atoms with Crippen molar-refractivity contribution in [2.45, 2.75) is 26.9 Å². The lowest BCUT2D eigenvalue weighted by Gasteiger charge is -2.20. The number of anilines is 1. The van der Waals surface area contributed by atoms with Gasteiger partial charge in [-0.05, 0) is 31.2 Å². The second kappa shape index (κ2) is 7.21. The minimum absolute atomic E-state index is 0.708. The Morgan fingerprint density at radius 2 is 2.24 bits per heavy atom. The summed E-state index contributed by atoms with van der Waals surface area (Å²) in [6.07, 6.45) is 0. The fraction of sp³-hybridized carbons (Fsp3) is 0.375. The predicted molar refractivity (Wildman–Crippen MR) is 87.5 cm³/mol. The Morgan fingerprint density at radius 1 is 1.43 bits per heavy atom. The topological polar surface area (TPSA) is 52.0 Å². The molecule has 4 nitrogen and oxygen atoms in total. The number of aromatic nitrogens is 1. The second-order valence-corrected chi connectivity index (χ2v) is 6.02. The van der Waals surface area contributed by atoms with Gasteiger partial charge in [-0.2, -0.15) is 5.26 Å². The van der Waals surface area contributed by atoms with Gasteiger partial charge in [0.15, 0.2) is 0 Å². The molecule has 5 heteroatoms. The highest BCUT2D eigenvalue weighted by Gasteiger charge is 2.10. The van der Waals surface area contributed by atoms with Crippen LogP contribution in [0.1, 0.15) is 28.8 Å². The first kappa shape index (κ1) is 15.5. The van der Waals surface area contributed by atoms with E-state index in [1.165, 1.54) is 0 Å². The molecular formula is C16H20N4S. The van der Waals surface area contributed by atoms with Gasteiger partial charge in [0.1, 0.15) is 6.07 Å². The van der Waals surface area contributed by atoms with Gasteiger partial charge in [0, 0.05) is 19.0 Å². The molecule has 0 aliphatic carbocycles. The molecule has 110 valence electrons. The molecule has 0 amide bonds. The fourth-order valence-corrected chi connectivity index (χ4v) is 2.80. The summed E-state index contributed by atoms with van der Waals surface area (Å²) in [6, 6.07) is 8.35. The summed E-state index contributed by atoms with van der Waals surface area (Å²) < 4.78 is 0. The van der Waals surface area contributed by atoms with Crippen molar-refractivity contribution in [3.05, 3.63) is 45.4 Å². The molecule has 0 saturated heterocycles. The third-order valence-electron chi connectivity index (χ3n) is 3.24. The fourth-order valence-electron chi connectivity index (χ4n) is 2.19. The van der Waals surface area contributed by atoms with Crippen molar-refractivity contribution >= 4 is 17.0 Å². The van der Waals surface area contributed by atoms with E-state index in [-0.39, 0.29) is 0 Å². The highest BCUT2D eigenvalue weighted by Crippen LogP contribution is 2.22. The minimum atomic E-state index is 0.708. The maximum absolute atomic E-state index is 9.38. The summed E-state index contributed by atoms with van der Waals surface area (Å²) in [4.78, 5) is 6.55. The molecule has 1 N–H and O–H groups in total. The van der Waals surface area contributed by atoms with Crippen molar-refractivity contribution < 1.29 is 0 Å². The van der Waals surface area contributed by atoms with Crippen molar-refractivity contribution in [2.24, 2.45) is 0 Å². The number of rotatable bonds is 6. The molecule has 0 radical (unpaired) electrons. The lowest BCUT2D eigenvalue weighted by Crippen LogP contribution is -2.18. The quantitative estimate of drug-likeness (QED) is 0.891. The van der Waals surface area contributed by atoms with Crippen LogP contribution in [-0.4, -0.2) is 18.6 Å². The van der Waals surface area contributed by atoms with Gasteiger partial charge in [-0.15, -0.1) is 11.3 Å². The van der Waals surface area contributed by atoms with E-state index in [2.05, 4.69) is 39.6 Å². The van der Waals surface area contributed by atoms with Crippen LogP contribution in [0.4, 0.5) is 5.69 Å². The number of benzene rings is 1. The standard InChI is InChI=1S/C16H20N4S/c1-4-18-9-13-5-6-16(14(7-13)8-17)20(3)10-15-11-21-12(2)19-15/h5-7,11,18H,4,9-10H2,1-3H3. The largest absolute Gasteiger partial charge is 0.368 e. The van der Waals surface area contributed by atoms with Crippen LogP contribution in [0.5, 0.6) is 0 Å². The van der Waals surface area contributed by atoms with Gasteiger partial charge >= 0.3 is 0 Å². The number of nitrogens with one attached hydrogen (secondary N) is 1. The summed E-state index contributed by atoms with van der Waals surface area (Å²) in [5, 5.41) is 15.8. The van der Waals surface area contributed by atoms with Crippen molar-refractivity contribution in [3.63, 3.8) is 0 Å². The molecule has 1 heterocycles. The van der Waals surface area contributed by atoms with E-state index in [1.807, 2.05) is 26.1 Å². The number of nitriles is 1. The highest BCUT2D eigenvalue weighted by atomic mass is 32.1. The Bertz CT molecular complexity index is 642. The molecule has 0 fully saturated rings. The molecule has 1 aromatic heterocycles. The van der Waals surface area contributed by atoms with E-state index in [4.69, 9.17) is 0 Å². The normalized spacial score (nSPS) is 10.4. The summed E-state index contributed by atoms with van der Waals surface area (Å²) in [7, 11) is 1.99. The molecule has 0 spiro atoms. The van der Waals surface area contributed by atoms with E-state index in [0.717, 1.165) is 35.0 Å². The first-order valence-electron chi connectivity index (χ1n) is 7.00. The van der Waals surface area contributed by atoms with Gasteiger partial charge in [0.25, 0.3) is 0 Å². The third kappa shape index (κ3) is 4.03. The first-order valence-corrected chi connectivity index (χ1v) is 7.88. The summed E-state index contributed by atoms with van der Waals surface area (Å²) in [5.41, 5.74) is 3.83. The minimum Gasteiger partial charge on any atom is -0.368 e. The second-order valence-electron chi connectivity index (χ2n) is 4.96. The maximum Gasteiger partial charge on any atom is 0.101 e. The first-order chi connectivity index (χ1) is 10.1. The van der Waals surface area contributed by atoms with Crippen LogP contribution in [0.3, 0.4) is 0 Å². The highest BCUT2D eigenvalue weighted by molar-refractivity contribution is 7.09. The van der Waals surface area contributed by atoms with Crippen LogP contribution in [0.25, 0.3) is 0 Å². The van der Waals surface area contributed by atoms with Gasteiger partial charge < -0.3 is 10.2 Å². The summed E-state index contributed by atoms with van der Waals surface area (Å²) in [6.45, 7) is 6.51. The van der Waals surface area contributed by atoms with Gasteiger partial charge in [-0.25, -0.2) is 4.98 Å². The molecule has 0 saturated carbocycles. The molecule has 0 atom stereocenters. The maximum atomic E-state index is 9.38. The Balaban J connectivity index is 2.16. The van der Waals surface area contributed by atoms with Crippen LogP contribution in [0.15, 0.2) is 23.6 Å². The van der Waals surface area contributed by atoms with Gasteiger partial charge in [0.2, 0.25) is 0 Å². The molecule has 0 aliphatic rings. The lowest BCUT2D eigenvalue weighted by atomic mass is 10.1. The molecule has 0 bridgehead atoms. The van der Waals surface area contributed by atoms with Crippen LogP contribution in [0.2, 0.25) is 0 Å². The monoisotopic (exact) mass is 300 g/mol. The van der Waals surface area contributed by atoms with Crippen molar-refractivity contribution in [1.29, 1.82) is 5.26 Å². The Hall–Kier alpha value is -1.90. The zero-order valence-electron chi connectivity index (χ0n) is 12.7. The zero-order chi connectivity index (χ0) is 15.2. The Labute approximate surface area is 130 Å². The number of thiazole rings is 1. The Kier molecular flexibility index (Phi) is 5.32. The van der Waals surface area contributed by atoms with E-state index < -0.39 is 0 Å². The summed E-state index contributed by atoms with van der Waals surface area (Å²) in [5.74, 6) is 0. The molecule has 1 aromatic carbocycles. The van der Waals surface area contributed by atoms with Crippen LogP contribution < -0.4 is 10.2 Å². The predicted octanol–water partition coefficient (Wildman–Crippen LogP) is 3.07. The third-order valence-corrected chi connectivity index (χ3v) is 4.06. The molecule has 2 aromatic rings. The molecule has 0 aliphatic heterocycles. The van der Waals surface area contributed by atoms with Gasteiger partial charge in [-0.3, -0.25) is 0 Å². The number of nitrogens with zero attached hydrogens (tertiary/aromatic N) is 3. The summed E-state index contributed by atoms with van der Waals surface area (Å²) >= 11 is 1.65. The SMILES string of the molecule is CCNCc1ccc(N(C)Cc2csc(C)n2)c(C#N)c1. The van der Waals surface area contributed by atoms with Gasteiger partial charge in [0.05, 0.1) is 28.5 Å². The number of hydrogen-bond acceptors (Lipinski definition) is 5. The van der Waals surface area contributed by atoms with Crippen LogP contribution in [0, 0.1) is 18.3 Å². The average molecular weight is 300 g/mol. The van der Waals surface area contributed by atoms with Crippen molar-refractivity contribution in [3.8, 4) is 6.07 Å². The zero-order valence-corrected chi connectivity index (χ0v) is 13.5. The smallest absolute Gasteiger partial charge is 0.101 e. The van der Waals surface area contributed by atoms with Crippen LogP contribution in [-0.2, 0) is 13.1 Å². The van der Waals surface area contributed by atoms with E-state index in [9.17, 15) is 5.26 Å². The van der Waals surface area contributed by atoms with E-state index in [1.54, 1.807) is 11.3 Å². The van der Waals surface area contributed by atoms with Crippen molar-refractivity contribution in [2.75, 3.05) is 18.5 Å². The molecule has 0 unspecified atom stereocenters. The van der Waals surface area contributed by atoms with Crippen LogP contribution >= 0.6 is 11.3 Å². The average Bonchev–Trinajstić information content (AvgIpc) is 2.89.